The summed E-state index contributed by atoms with van der Waals surface area (Å²) in [5.74, 6) is -0.789. The van der Waals surface area contributed by atoms with Gasteiger partial charge >= 0.3 is 11.9 Å². The standard InChI is InChI=1S/C31H40O7/c1-21(2)20-29-30(37-24(5)32)27(31(35)38-29)15-16-28(34)23(4)9-6-8-22(3)17-19-36-18-7-10-25-11-13-26(33)14-12-25/h7,9-15,17,20,28-30,33-34H,6,8,16,18-19H2,1-5H3/t28-,29-,30+/m1/s1. The number of phenolic OH excluding ortho intramolecular Hbond substituents is 1. The molecule has 0 spiro atoms. The van der Waals surface area contributed by atoms with E-state index in [4.69, 9.17) is 14.2 Å². The molecule has 7 nitrogen and oxygen atoms in total. The molecule has 0 aromatic heterocycles. The van der Waals surface area contributed by atoms with Gasteiger partial charge in [-0.2, -0.15) is 0 Å². The fourth-order valence-corrected chi connectivity index (χ4v) is 3.80. The van der Waals surface area contributed by atoms with Gasteiger partial charge in [-0.1, -0.05) is 53.7 Å². The van der Waals surface area contributed by atoms with Gasteiger partial charge in [0.25, 0.3) is 0 Å². The molecule has 7 heteroatoms. The van der Waals surface area contributed by atoms with Crippen LogP contribution in [-0.2, 0) is 23.8 Å². The summed E-state index contributed by atoms with van der Waals surface area (Å²) in [4.78, 5) is 23.9. The third-order valence-corrected chi connectivity index (χ3v) is 5.93. The van der Waals surface area contributed by atoms with Crippen molar-refractivity contribution >= 4 is 18.0 Å². The average molecular weight is 525 g/mol. The number of phenols is 1. The smallest absolute Gasteiger partial charge is 0.338 e. The van der Waals surface area contributed by atoms with Crippen LogP contribution >= 0.6 is 0 Å². The van der Waals surface area contributed by atoms with Gasteiger partial charge in [-0.3, -0.25) is 4.79 Å². The van der Waals surface area contributed by atoms with Crippen molar-refractivity contribution in [3.05, 3.63) is 82.5 Å². The van der Waals surface area contributed by atoms with Crippen molar-refractivity contribution in [3.8, 4) is 5.75 Å². The van der Waals surface area contributed by atoms with Crippen molar-refractivity contribution in [1.82, 2.24) is 0 Å². The summed E-state index contributed by atoms with van der Waals surface area (Å²) >= 11 is 0. The molecule has 3 atom stereocenters. The largest absolute Gasteiger partial charge is 0.508 e. The van der Waals surface area contributed by atoms with Crippen molar-refractivity contribution in [2.24, 2.45) is 0 Å². The van der Waals surface area contributed by atoms with E-state index < -0.39 is 30.3 Å². The average Bonchev–Trinajstić information content (AvgIpc) is 3.12. The normalized spacial score (nSPS) is 20.1. The summed E-state index contributed by atoms with van der Waals surface area (Å²) in [6, 6.07) is 6.96. The molecule has 1 saturated heterocycles. The molecule has 0 saturated carbocycles. The first-order valence-corrected chi connectivity index (χ1v) is 12.8. The topological polar surface area (TPSA) is 102 Å². The molecule has 0 bridgehead atoms. The van der Waals surface area contributed by atoms with Crippen LogP contribution in [0.1, 0.15) is 59.4 Å². The predicted molar refractivity (Wildman–Crippen MR) is 148 cm³/mol. The molecule has 1 aliphatic heterocycles. The first-order valence-electron chi connectivity index (χ1n) is 12.8. The second-order valence-corrected chi connectivity index (χ2v) is 9.62. The first kappa shape index (κ1) is 30.8. The zero-order chi connectivity index (χ0) is 28.1. The zero-order valence-corrected chi connectivity index (χ0v) is 23.0. The number of carbonyl (C=O) groups is 2. The number of cyclic esters (lactones) is 1. The van der Waals surface area contributed by atoms with Gasteiger partial charge in [0, 0.05) is 6.92 Å². The van der Waals surface area contributed by atoms with E-state index in [0.717, 1.165) is 29.6 Å². The summed E-state index contributed by atoms with van der Waals surface area (Å²) in [5, 5.41) is 19.9. The van der Waals surface area contributed by atoms with Gasteiger partial charge in [0.05, 0.1) is 24.9 Å². The number of aliphatic hydroxyl groups excluding tert-OH is 1. The molecule has 1 aromatic carbocycles. The van der Waals surface area contributed by atoms with Gasteiger partial charge in [0.1, 0.15) is 5.75 Å². The maximum atomic E-state index is 12.4. The summed E-state index contributed by atoms with van der Waals surface area (Å²) in [6.07, 6.45) is 10.8. The number of benzene rings is 1. The summed E-state index contributed by atoms with van der Waals surface area (Å²) in [5.41, 5.74) is 4.20. The third kappa shape index (κ3) is 10.9. The van der Waals surface area contributed by atoms with E-state index in [1.165, 1.54) is 12.5 Å². The van der Waals surface area contributed by atoms with Gasteiger partial charge in [0.2, 0.25) is 0 Å². The van der Waals surface area contributed by atoms with E-state index in [1.54, 1.807) is 24.3 Å². The lowest BCUT2D eigenvalue weighted by Gasteiger charge is -2.16. The summed E-state index contributed by atoms with van der Waals surface area (Å²) in [6.45, 7) is 9.95. The van der Waals surface area contributed by atoms with Crippen LogP contribution in [0.2, 0.25) is 0 Å². The van der Waals surface area contributed by atoms with Crippen molar-refractivity contribution in [1.29, 1.82) is 0 Å². The lowest BCUT2D eigenvalue weighted by atomic mass is 10.0. The van der Waals surface area contributed by atoms with Crippen LogP contribution in [-0.4, -0.2) is 53.7 Å². The van der Waals surface area contributed by atoms with Gasteiger partial charge in [-0.25, -0.2) is 4.79 Å². The molecule has 2 rings (SSSR count). The molecular weight excluding hydrogens is 484 g/mol. The van der Waals surface area contributed by atoms with E-state index in [0.29, 0.717) is 13.2 Å². The summed E-state index contributed by atoms with van der Waals surface area (Å²) in [7, 11) is 0. The molecule has 1 heterocycles. The Morgan fingerprint density at radius 1 is 1.08 bits per heavy atom. The minimum Gasteiger partial charge on any atom is -0.508 e. The Morgan fingerprint density at radius 2 is 1.79 bits per heavy atom. The van der Waals surface area contributed by atoms with Crippen molar-refractivity contribution in [3.63, 3.8) is 0 Å². The van der Waals surface area contributed by atoms with Gasteiger partial charge in [0.15, 0.2) is 12.2 Å². The Hall–Kier alpha value is -3.42. The minimum absolute atomic E-state index is 0.215. The van der Waals surface area contributed by atoms with Crippen LogP contribution in [0, 0.1) is 0 Å². The van der Waals surface area contributed by atoms with Gasteiger partial charge in [-0.15, -0.1) is 0 Å². The lowest BCUT2D eigenvalue weighted by molar-refractivity contribution is -0.148. The first-order chi connectivity index (χ1) is 18.1. The maximum absolute atomic E-state index is 12.4. The van der Waals surface area contributed by atoms with E-state index in [2.05, 4.69) is 0 Å². The quantitative estimate of drug-likeness (QED) is 0.150. The molecule has 0 radical (unpaired) electrons. The zero-order valence-electron chi connectivity index (χ0n) is 23.0. The highest BCUT2D eigenvalue weighted by atomic mass is 16.6. The molecule has 0 unspecified atom stereocenters. The molecule has 1 aliphatic rings. The molecule has 0 amide bonds. The molecule has 0 aliphatic carbocycles. The number of ether oxygens (including phenoxy) is 3. The molecule has 38 heavy (non-hydrogen) atoms. The summed E-state index contributed by atoms with van der Waals surface area (Å²) < 4.78 is 16.3. The molecule has 1 aromatic rings. The number of allylic oxidation sites excluding steroid dienone is 3. The van der Waals surface area contributed by atoms with Crippen molar-refractivity contribution in [2.45, 2.75) is 72.2 Å². The fourth-order valence-electron chi connectivity index (χ4n) is 3.80. The number of esters is 2. The predicted octanol–water partition coefficient (Wildman–Crippen LogP) is 5.60. The van der Waals surface area contributed by atoms with E-state index in [-0.39, 0.29) is 17.7 Å². The van der Waals surface area contributed by atoms with Crippen molar-refractivity contribution in [2.75, 3.05) is 13.2 Å². The minimum atomic E-state index is -0.815. The fraction of sp³-hybridized carbons (Fsp3) is 0.419. The van der Waals surface area contributed by atoms with E-state index in [1.807, 2.05) is 64.1 Å². The highest BCUT2D eigenvalue weighted by Gasteiger charge is 2.41. The second kappa shape index (κ2) is 15.7. The molecular formula is C31H40O7. The number of aromatic hydroxyl groups is 1. The van der Waals surface area contributed by atoms with Crippen LogP contribution in [0.5, 0.6) is 5.75 Å². The number of rotatable bonds is 13. The van der Waals surface area contributed by atoms with Crippen LogP contribution in [0.15, 0.2) is 76.9 Å². The third-order valence-electron chi connectivity index (χ3n) is 5.93. The number of hydrogen-bond acceptors (Lipinski definition) is 7. The van der Waals surface area contributed by atoms with Crippen LogP contribution < -0.4 is 0 Å². The number of hydrogen-bond donors (Lipinski definition) is 2. The lowest BCUT2D eigenvalue weighted by Crippen LogP contribution is -2.26. The van der Waals surface area contributed by atoms with E-state index >= 15 is 0 Å². The Kier molecular flexibility index (Phi) is 12.8. The second-order valence-electron chi connectivity index (χ2n) is 9.62. The Morgan fingerprint density at radius 3 is 2.45 bits per heavy atom. The van der Waals surface area contributed by atoms with Gasteiger partial charge in [-0.05, 0) is 76.3 Å². The Bertz CT molecular complexity index is 1090. The SMILES string of the molecule is CC(=O)O[C@H]1C(=CC[C@@H](O)C(C)=CCCC(C)=CCOCC=Cc2ccc(O)cc2)C(=O)O[C@@H]1C=C(C)C. The Labute approximate surface area is 225 Å². The monoisotopic (exact) mass is 524 g/mol. The molecule has 206 valence electrons. The maximum Gasteiger partial charge on any atom is 0.338 e. The van der Waals surface area contributed by atoms with Crippen LogP contribution in [0.25, 0.3) is 6.08 Å². The molecule has 2 N–H and O–H groups in total. The number of aliphatic hydroxyl groups is 1. The highest BCUT2D eigenvalue weighted by molar-refractivity contribution is 5.93. The number of carbonyl (C=O) groups excluding carboxylic acids is 2. The van der Waals surface area contributed by atoms with Gasteiger partial charge < -0.3 is 24.4 Å². The Balaban J connectivity index is 1.80. The van der Waals surface area contributed by atoms with Crippen molar-refractivity contribution < 1.29 is 34.0 Å². The molecule has 1 fully saturated rings. The van der Waals surface area contributed by atoms with Crippen LogP contribution in [0.4, 0.5) is 0 Å². The highest BCUT2D eigenvalue weighted by Crippen LogP contribution is 2.27. The van der Waals surface area contributed by atoms with E-state index in [9.17, 15) is 19.8 Å². The van der Waals surface area contributed by atoms with Crippen LogP contribution in [0.3, 0.4) is 0 Å².